The molecule has 0 aliphatic carbocycles. The zero-order chi connectivity index (χ0) is 16.1. The van der Waals surface area contributed by atoms with E-state index in [1.165, 1.54) is 0 Å². The van der Waals surface area contributed by atoms with Crippen molar-refractivity contribution in [1.82, 2.24) is 9.80 Å². The zero-order valence-electron chi connectivity index (χ0n) is 13.4. The van der Waals surface area contributed by atoms with Crippen LogP contribution in [0.3, 0.4) is 0 Å². The molecule has 0 radical (unpaired) electrons. The van der Waals surface area contributed by atoms with E-state index < -0.39 is 0 Å². The fourth-order valence-corrected chi connectivity index (χ4v) is 2.67. The summed E-state index contributed by atoms with van der Waals surface area (Å²) < 4.78 is 0. The van der Waals surface area contributed by atoms with Crippen LogP contribution >= 0.6 is 0 Å². The van der Waals surface area contributed by atoms with Crippen LogP contribution < -0.4 is 5.73 Å². The van der Waals surface area contributed by atoms with Crippen molar-refractivity contribution < 1.29 is 9.59 Å². The molecule has 120 valence electrons. The molecule has 0 saturated carbocycles. The second kappa shape index (κ2) is 7.40. The van der Waals surface area contributed by atoms with Crippen LogP contribution in [0.1, 0.15) is 36.2 Å². The molecule has 1 saturated heterocycles. The Labute approximate surface area is 132 Å². The largest absolute Gasteiger partial charge is 0.341 e. The highest BCUT2D eigenvalue weighted by molar-refractivity contribution is 5.94. The minimum absolute atomic E-state index is 0.00561. The minimum Gasteiger partial charge on any atom is -0.341 e. The lowest BCUT2D eigenvalue weighted by atomic mass is 10.1. The number of carbonyl (C=O) groups excluding carboxylic acids is 2. The van der Waals surface area contributed by atoms with Gasteiger partial charge in [-0.3, -0.25) is 9.59 Å². The normalized spacial score (nSPS) is 15.8. The second-order valence-electron chi connectivity index (χ2n) is 6.03. The van der Waals surface area contributed by atoms with Crippen molar-refractivity contribution in [2.24, 2.45) is 11.7 Å². The lowest BCUT2D eigenvalue weighted by Gasteiger charge is -2.23. The number of amides is 2. The third-order valence-corrected chi connectivity index (χ3v) is 4.03. The first kappa shape index (κ1) is 16.5. The number of rotatable bonds is 3. The Kier molecular flexibility index (Phi) is 5.55. The summed E-state index contributed by atoms with van der Waals surface area (Å²) in [5.41, 5.74) is 7.27. The molecule has 2 amide bonds. The molecule has 22 heavy (non-hydrogen) atoms. The Hall–Kier alpha value is -1.88. The Bertz CT molecular complexity index is 525. The molecule has 0 spiro atoms. The molecular weight excluding hydrogens is 278 g/mol. The van der Waals surface area contributed by atoms with E-state index in [0.717, 1.165) is 18.5 Å². The Morgan fingerprint density at radius 2 is 1.64 bits per heavy atom. The molecule has 0 aromatic heterocycles. The lowest BCUT2D eigenvalue weighted by Crippen LogP contribution is -2.38. The number of hydrogen-bond donors (Lipinski definition) is 1. The number of hydrogen-bond acceptors (Lipinski definition) is 3. The molecular formula is C17H25N3O2. The van der Waals surface area contributed by atoms with E-state index >= 15 is 0 Å². The summed E-state index contributed by atoms with van der Waals surface area (Å²) in [6.07, 6.45) is 0.824. The van der Waals surface area contributed by atoms with Crippen molar-refractivity contribution in [3.05, 3.63) is 35.4 Å². The number of benzene rings is 1. The molecule has 1 fully saturated rings. The van der Waals surface area contributed by atoms with Gasteiger partial charge in [0.05, 0.1) is 0 Å². The summed E-state index contributed by atoms with van der Waals surface area (Å²) in [6.45, 7) is 6.93. The first-order chi connectivity index (χ1) is 10.5. The van der Waals surface area contributed by atoms with E-state index in [9.17, 15) is 9.59 Å². The molecule has 5 heteroatoms. The number of nitrogens with two attached hydrogens (primary N) is 1. The standard InChI is InChI=1S/C17H25N3O2/c1-13(2)16(21)19-8-3-9-20(11-10-19)17(22)15-6-4-14(12-18)5-7-15/h4-7,13H,3,8-12,18H2,1-2H3. The topological polar surface area (TPSA) is 66.6 Å². The van der Waals surface area contributed by atoms with Crippen LogP contribution in [-0.4, -0.2) is 47.8 Å². The number of nitrogens with zero attached hydrogens (tertiary/aromatic N) is 2. The highest BCUT2D eigenvalue weighted by atomic mass is 16.2. The van der Waals surface area contributed by atoms with Gasteiger partial charge in [0.25, 0.3) is 5.91 Å². The van der Waals surface area contributed by atoms with Gasteiger partial charge in [0, 0.05) is 44.2 Å². The zero-order valence-corrected chi connectivity index (χ0v) is 13.4. The molecule has 2 N–H and O–H groups in total. The van der Waals surface area contributed by atoms with Crippen LogP contribution in [0.2, 0.25) is 0 Å². The molecule has 1 aromatic carbocycles. The van der Waals surface area contributed by atoms with E-state index in [0.29, 0.717) is 31.7 Å². The third kappa shape index (κ3) is 3.85. The molecule has 1 aliphatic rings. The van der Waals surface area contributed by atoms with Crippen molar-refractivity contribution in [2.45, 2.75) is 26.8 Å². The van der Waals surface area contributed by atoms with Gasteiger partial charge in [-0.15, -0.1) is 0 Å². The highest BCUT2D eigenvalue weighted by Crippen LogP contribution is 2.12. The third-order valence-electron chi connectivity index (χ3n) is 4.03. The van der Waals surface area contributed by atoms with Crippen LogP contribution in [0.25, 0.3) is 0 Å². The summed E-state index contributed by atoms with van der Waals surface area (Å²) in [5, 5.41) is 0. The minimum atomic E-state index is 0.00561. The average Bonchev–Trinajstić information content (AvgIpc) is 2.79. The SMILES string of the molecule is CC(C)C(=O)N1CCCN(C(=O)c2ccc(CN)cc2)CC1. The molecule has 1 aliphatic heterocycles. The fourth-order valence-electron chi connectivity index (χ4n) is 2.67. The van der Waals surface area contributed by atoms with Crippen LogP contribution in [0.5, 0.6) is 0 Å². The average molecular weight is 303 g/mol. The smallest absolute Gasteiger partial charge is 0.253 e. The molecule has 2 rings (SSSR count). The van der Waals surface area contributed by atoms with Gasteiger partial charge >= 0.3 is 0 Å². The van der Waals surface area contributed by atoms with Crippen molar-refractivity contribution in [1.29, 1.82) is 0 Å². The summed E-state index contributed by atoms with van der Waals surface area (Å²) >= 11 is 0. The molecule has 1 heterocycles. The van der Waals surface area contributed by atoms with Gasteiger partial charge in [0.1, 0.15) is 0 Å². The molecule has 1 aromatic rings. The number of carbonyl (C=O) groups is 2. The lowest BCUT2D eigenvalue weighted by molar-refractivity contribution is -0.134. The Morgan fingerprint density at radius 3 is 2.23 bits per heavy atom. The first-order valence-corrected chi connectivity index (χ1v) is 7.90. The summed E-state index contributed by atoms with van der Waals surface area (Å²) in [5.74, 6) is 0.204. The maximum Gasteiger partial charge on any atom is 0.253 e. The summed E-state index contributed by atoms with van der Waals surface area (Å²) in [4.78, 5) is 28.3. The highest BCUT2D eigenvalue weighted by Gasteiger charge is 2.23. The quantitative estimate of drug-likeness (QED) is 0.919. The monoisotopic (exact) mass is 303 g/mol. The Morgan fingerprint density at radius 1 is 1.05 bits per heavy atom. The van der Waals surface area contributed by atoms with Gasteiger partial charge in [0.2, 0.25) is 5.91 Å². The van der Waals surface area contributed by atoms with Crippen molar-refractivity contribution in [3.63, 3.8) is 0 Å². The van der Waals surface area contributed by atoms with Gasteiger partial charge in [-0.2, -0.15) is 0 Å². The molecule has 5 nitrogen and oxygen atoms in total. The fraction of sp³-hybridized carbons (Fsp3) is 0.529. The van der Waals surface area contributed by atoms with Crippen molar-refractivity contribution in [2.75, 3.05) is 26.2 Å². The van der Waals surface area contributed by atoms with Crippen LogP contribution in [0.4, 0.5) is 0 Å². The van der Waals surface area contributed by atoms with E-state index in [2.05, 4.69) is 0 Å². The molecule has 0 atom stereocenters. The van der Waals surface area contributed by atoms with Crippen molar-refractivity contribution in [3.8, 4) is 0 Å². The van der Waals surface area contributed by atoms with E-state index in [-0.39, 0.29) is 17.7 Å². The van der Waals surface area contributed by atoms with Crippen molar-refractivity contribution >= 4 is 11.8 Å². The molecule has 0 bridgehead atoms. The maximum absolute atomic E-state index is 12.6. The molecule has 0 unspecified atom stereocenters. The van der Waals surface area contributed by atoms with Crippen LogP contribution in [-0.2, 0) is 11.3 Å². The first-order valence-electron chi connectivity index (χ1n) is 7.90. The van der Waals surface area contributed by atoms with Gasteiger partial charge in [0.15, 0.2) is 0 Å². The summed E-state index contributed by atoms with van der Waals surface area (Å²) in [7, 11) is 0. The van der Waals surface area contributed by atoms with Crippen LogP contribution in [0, 0.1) is 5.92 Å². The predicted molar refractivity (Wildman–Crippen MR) is 86.3 cm³/mol. The second-order valence-corrected chi connectivity index (χ2v) is 6.03. The maximum atomic E-state index is 12.6. The van der Waals surface area contributed by atoms with Crippen LogP contribution in [0.15, 0.2) is 24.3 Å². The van der Waals surface area contributed by atoms with E-state index in [1.807, 2.05) is 47.9 Å². The predicted octanol–water partition coefficient (Wildman–Crippen LogP) is 1.48. The Balaban J connectivity index is 2.00. The van der Waals surface area contributed by atoms with Gasteiger partial charge in [-0.25, -0.2) is 0 Å². The van der Waals surface area contributed by atoms with Gasteiger partial charge < -0.3 is 15.5 Å². The summed E-state index contributed by atoms with van der Waals surface area (Å²) in [6, 6.07) is 7.43. The van der Waals surface area contributed by atoms with Gasteiger partial charge in [-0.1, -0.05) is 26.0 Å². The van der Waals surface area contributed by atoms with Gasteiger partial charge in [-0.05, 0) is 24.1 Å². The van der Waals surface area contributed by atoms with E-state index in [1.54, 1.807) is 0 Å². The van der Waals surface area contributed by atoms with E-state index in [4.69, 9.17) is 5.73 Å².